The van der Waals surface area contributed by atoms with Gasteiger partial charge < -0.3 is 10.6 Å². The van der Waals surface area contributed by atoms with Crippen molar-refractivity contribution in [1.29, 1.82) is 0 Å². The predicted octanol–water partition coefficient (Wildman–Crippen LogP) is 1.63. The van der Waals surface area contributed by atoms with Crippen molar-refractivity contribution in [2.75, 3.05) is 25.1 Å². The van der Waals surface area contributed by atoms with E-state index in [-0.39, 0.29) is 5.91 Å². The standard InChI is InChI=1S/C11H24N2OS/c1-4-15-9-7-10(2)13-8-5-6-11(14)12-3/h10,13H,4-9H2,1-3H3,(H,12,14). The van der Waals surface area contributed by atoms with Gasteiger partial charge in [0.05, 0.1) is 0 Å². The van der Waals surface area contributed by atoms with Gasteiger partial charge in [0.25, 0.3) is 0 Å². The van der Waals surface area contributed by atoms with E-state index in [1.807, 2.05) is 11.8 Å². The monoisotopic (exact) mass is 232 g/mol. The van der Waals surface area contributed by atoms with Crippen molar-refractivity contribution >= 4 is 17.7 Å². The lowest BCUT2D eigenvalue weighted by Crippen LogP contribution is -2.28. The SMILES string of the molecule is CCSCCC(C)NCCCC(=O)NC. The molecule has 0 radical (unpaired) electrons. The molecule has 0 aromatic heterocycles. The maximum absolute atomic E-state index is 10.9. The zero-order chi connectivity index (χ0) is 11.5. The van der Waals surface area contributed by atoms with Gasteiger partial charge in [0, 0.05) is 19.5 Å². The third-order valence-electron chi connectivity index (χ3n) is 2.25. The molecule has 0 aromatic rings. The molecular formula is C11H24N2OS. The first-order valence-electron chi connectivity index (χ1n) is 5.72. The van der Waals surface area contributed by atoms with Crippen molar-refractivity contribution in [3.63, 3.8) is 0 Å². The van der Waals surface area contributed by atoms with E-state index in [1.165, 1.54) is 17.9 Å². The van der Waals surface area contributed by atoms with Crippen LogP contribution in [0.4, 0.5) is 0 Å². The fraction of sp³-hybridized carbons (Fsp3) is 0.909. The molecule has 15 heavy (non-hydrogen) atoms. The second-order valence-electron chi connectivity index (χ2n) is 3.62. The fourth-order valence-corrected chi connectivity index (χ4v) is 2.04. The van der Waals surface area contributed by atoms with Crippen molar-refractivity contribution < 1.29 is 4.79 Å². The van der Waals surface area contributed by atoms with Crippen LogP contribution in [0.1, 0.15) is 33.1 Å². The Kier molecular flexibility index (Phi) is 10.2. The Balaban J connectivity index is 3.23. The van der Waals surface area contributed by atoms with Crippen LogP contribution < -0.4 is 10.6 Å². The molecule has 1 unspecified atom stereocenters. The minimum absolute atomic E-state index is 0.131. The lowest BCUT2D eigenvalue weighted by Gasteiger charge is -2.12. The van der Waals surface area contributed by atoms with Crippen molar-refractivity contribution in [2.45, 2.75) is 39.2 Å². The number of carbonyl (C=O) groups is 1. The molecule has 0 rings (SSSR count). The summed E-state index contributed by atoms with van der Waals surface area (Å²) in [5.74, 6) is 2.55. The zero-order valence-corrected chi connectivity index (χ0v) is 11.0. The Bertz CT molecular complexity index is 165. The highest BCUT2D eigenvalue weighted by atomic mass is 32.2. The molecule has 0 aliphatic carbocycles. The van der Waals surface area contributed by atoms with Gasteiger partial charge >= 0.3 is 0 Å². The number of hydrogen-bond acceptors (Lipinski definition) is 3. The average molecular weight is 232 g/mol. The Morgan fingerprint density at radius 2 is 2.20 bits per heavy atom. The third-order valence-corrected chi connectivity index (χ3v) is 3.18. The van der Waals surface area contributed by atoms with Crippen LogP contribution in [0.15, 0.2) is 0 Å². The lowest BCUT2D eigenvalue weighted by atomic mass is 10.2. The molecule has 0 aromatic carbocycles. The molecule has 1 atom stereocenters. The van der Waals surface area contributed by atoms with Gasteiger partial charge in [0.1, 0.15) is 0 Å². The second kappa shape index (κ2) is 10.3. The molecule has 0 spiro atoms. The van der Waals surface area contributed by atoms with Crippen molar-refractivity contribution in [3.8, 4) is 0 Å². The minimum Gasteiger partial charge on any atom is -0.359 e. The predicted molar refractivity (Wildman–Crippen MR) is 68.4 cm³/mol. The molecule has 90 valence electrons. The molecule has 3 nitrogen and oxygen atoms in total. The highest BCUT2D eigenvalue weighted by Crippen LogP contribution is 2.03. The van der Waals surface area contributed by atoms with Gasteiger partial charge in [-0.05, 0) is 37.8 Å². The first-order chi connectivity index (χ1) is 7.20. The van der Waals surface area contributed by atoms with E-state index in [4.69, 9.17) is 0 Å². The molecule has 0 heterocycles. The maximum atomic E-state index is 10.9. The zero-order valence-electron chi connectivity index (χ0n) is 10.1. The van der Waals surface area contributed by atoms with Crippen LogP contribution in [0.3, 0.4) is 0 Å². The normalized spacial score (nSPS) is 12.5. The van der Waals surface area contributed by atoms with E-state index in [2.05, 4.69) is 24.5 Å². The van der Waals surface area contributed by atoms with Gasteiger partial charge in [0.2, 0.25) is 5.91 Å². The summed E-state index contributed by atoms with van der Waals surface area (Å²) in [6.07, 6.45) is 2.75. The van der Waals surface area contributed by atoms with E-state index in [9.17, 15) is 4.79 Å². The molecule has 0 aliphatic heterocycles. The van der Waals surface area contributed by atoms with Crippen molar-refractivity contribution in [1.82, 2.24) is 10.6 Å². The molecule has 0 fully saturated rings. The Hall–Kier alpha value is -0.220. The highest BCUT2D eigenvalue weighted by Gasteiger charge is 2.01. The number of carbonyl (C=O) groups excluding carboxylic acids is 1. The van der Waals surface area contributed by atoms with Gasteiger partial charge in [-0.1, -0.05) is 6.92 Å². The molecular weight excluding hydrogens is 208 g/mol. The molecule has 0 bridgehead atoms. The van der Waals surface area contributed by atoms with E-state index in [0.29, 0.717) is 12.5 Å². The summed E-state index contributed by atoms with van der Waals surface area (Å²) >= 11 is 1.98. The Morgan fingerprint density at radius 3 is 2.80 bits per heavy atom. The molecule has 2 N–H and O–H groups in total. The van der Waals surface area contributed by atoms with Crippen molar-refractivity contribution in [3.05, 3.63) is 0 Å². The number of nitrogens with one attached hydrogen (secondary N) is 2. The summed E-state index contributed by atoms with van der Waals surface area (Å²) in [7, 11) is 1.68. The fourth-order valence-electron chi connectivity index (χ4n) is 1.23. The van der Waals surface area contributed by atoms with E-state index >= 15 is 0 Å². The van der Waals surface area contributed by atoms with Gasteiger partial charge in [-0.3, -0.25) is 4.79 Å². The molecule has 0 saturated carbocycles. The van der Waals surface area contributed by atoms with Crippen molar-refractivity contribution in [2.24, 2.45) is 0 Å². The maximum Gasteiger partial charge on any atom is 0.219 e. The topological polar surface area (TPSA) is 41.1 Å². The van der Waals surface area contributed by atoms with Gasteiger partial charge in [0.15, 0.2) is 0 Å². The van der Waals surface area contributed by atoms with Crippen LogP contribution in [-0.4, -0.2) is 37.0 Å². The molecule has 4 heteroatoms. The summed E-state index contributed by atoms with van der Waals surface area (Å²) in [6.45, 7) is 5.33. The molecule has 1 amide bonds. The summed E-state index contributed by atoms with van der Waals surface area (Å²) in [6, 6.07) is 0.564. The van der Waals surface area contributed by atoms with Crippen LogP contribution in [-0.2, 0) is 4.79 Å². The van der Waals surface area contributed by atoms with Crippen LogP contribution in [0, 0.1) is 0 Å². The first kappa shape index (κ1) is 14.8. The number of rotatable bonds is 9. The third kappa shape index (κ3) is 10.1. The number of thioether (sulfide) groups is 1. The minimum atomic E-state index is 0.131. The average Bonchev–Trinajstić information content (AvgIpc) is 2.24. The number of amides is 1. The summed E-state index contributed by atoms with van der Waals surface area (Å²) in [4.78, 5) is 10.9. The second-order valence-corrected chi connectivity index (χ2v) is 5.01. The highest BCUT2D eigenvalue weighted by molar-refractivity contribution is 7.99. The summed E-state index contributed by atoms with van der Waals surface area (Å²) < 4.78 is 0. The van der Waals surface area contributed by atoms with E-state index in [0.717, 1.165) is 13.0 Å². The van der Waals surface area contributed by atoms with Crippen LogP contribution in [0.25, 0.3) is 0 Å². The first-order valence-corrected chi connectivity index (χ1v) is 6.87. The van der Waals surface area contributed by atoms with Gasteiger partial charge in [-0.2, -0.15) is 11.8 Å². The van der Waals surface area contributed by atoms with Gasteiger partial charge in [-0.25, -0.2) is 0 Å². The van der Waals surface area contributed by atoms with Crippen LogP contribution in [0.5, 0.6) is 0 Å². The Labute approximate surface area is 97.8 Å². The van der Waals surface area contributed by atoms with Gasteiger partial charge in [-0.15, -0.1) is 0 Å². The lowest BCUT2D eigenvalue weighted by molar-refractivity contribution is -0.120. The summed E-state index contributed by atoms with van der Waals surface area (Å²) in [5, 5.41) is 6.05. The van der Waals surface area contributed by atoms with E-state index in [1.54, 1.807) is 7.05 Å². The number of hydrogen-bond donors (Lipinski definition) is 2. The molecule has 0 aliphatic rings. The summed E-state index contributed by atoms with van der Waals surface area (Å²) in [5.41, 5.74) is 0. The smallest absolute Gasteiger partial charge is 0.219 e. The quantitative estimate of drug-likeness (QED) is 0.594. The molecule has 0 saturated heterocycles. The van der Waals surface area contributed by atoms with Crippen LogP contribution in [0.2, 0.25) is 0 Å². The van der Waals surface area contributed by atoms with Crippen LogP contribution >= 0.6 is 11.8 Å². The van der Waals surface area contributed by atoms with E-state index < -0.39 is 0 Å². The Morgan fingerprint density at radius 1 is 1.47 bits per heavy atom. The largest absolute Gasteiger partial charge is 0.359 e.